The van der Waals surface area contributed by atoms with Crippen LogP contribution in [-0.2, 0) is 4.79 Å². The van der Waals surface area contributed by atoms with Crippen molar-refractivity contribution >= 4 is 57.8 Å². The second kappa shape index (κ2) is 9.08. The molecular weight excluding hydrogens is 541 g/mol. The summed E-state index contributed by atoms with van der Waals surface area (Å²) < 4.78 is 0. The minimum absolute atomic E-state index is 0.0424. The number of nitrogens with zero attached hydrogens (tertiary/aromatic N) is 6. The summed E-state index contributed by atoms with van der Waals surface area (Å²) in [6.07, 6.45) is 0. The number of hydrogen-bond donors (Lipinski definition) is 1. The Morgan fingerprint density at radius 1 is 1.03 bits per heavy atom. The molecule has 2 aliphatic heterocycles. The first-order chi connectivity index (χ1) is 18.7. The minimum atomic E-state index is -1.41. The number of anilines is 1. The number of likely N-dealkylation sites (tertiary alicyclic amines) is 1. The molecule has 3 heterocycles. The van der Waals surface area contributed by atoms with Gasteiger partial charge in [-0.15, -0.1) is 0 Å². The van der Waals surface area contributed by atoms with Crippen molar-refractivity contribution in [3.8, 4) is 6.07 Å². The van der Waals surface area contributed by atoms with E-state index in [1.807, 2.05) is 0 Å². The van der Waals surface area contributed by atoms with Crippen LogP contribution in [0.4, 0.5) is 10.5 Å². The molecule has 2 aliphatic rings. The number of H-pyrrole nitrogens is 1. The van der Waals surface area contributed by atoms with Gasteiger partial charge in [-0.1, -0.05) is 35.3 Å². The average Bonchev–Trinajstić information content (AvgIpc) is 3.61. The van der Waals surface area contributed by atoms with E-state index in [1.54, 1.807) is 54.4 Å². The topological polar surface area (TPSA) is 126 Å². The lowest BCUT2D eigenvalue weighted by molar-refractivity contribution is -0.124. The van der Waals surface area contributed by atoms with Gasteiger partial charge in [0.2, 0.25) is 0 Å². The van der Waals surface area contributed by atoms with Gasteiger partial charge in [0.05, 0.1) is 23.9 Å². The van der Waals surface area contributed by atoms with Gasteiger partial charge in [-0.2, -0.15) is 20.7 Å². The Labute approximate surface area is 232 Å². The van der Waals surface area contributed by atoms with E-state index in [4.69, 9.17) is 23.2 Å². The van der Waals surface area contributed by atoms with Crippen molar-refractivity contribution in [1.82, 2.24) is 25.2 Å². The quantitative estimate of drug-likeness (QED) is 0.374. The third-order valence-corrected chi connectivity index (χ3v) is 7.90. The van der Waals surface area contributed by atoms with Gasteiger partial charge in [-0.25, -0.2) is 9.69 Å². The van der Waals surface area contributed by atoms with Crippen LogP contribution in [0, 0.1) is 11.3 Å². The molecule has 10 nitrogen and oxygen atoms in total. The standard InChI is InChI=1S/C27H19Cl2N7O3/c1-34-26(39)36(20-10-18(28)9-19(29)11-20)25(38)27(34)14-35(13-21(27)16-4-2-15(12-30)3-5-16)24(37)17-6-7-22-23(8-17)32-33-31-22/h2-11,21H,13-14H2,1H3,(H,31,32,33)/t21-,27+/m0/s1. The van der Waals surface area contributed by atoms with Gasteiger partial charge in [-0.05, 0) is 54.1 Å². The number of benzene rings is 3. The molecule has 6 rings (SSSR count). The van der Waals surface area contributed by atoms with E-state index in [9.17, 15) is 19.6 Å². The number of rotatable bonds is 3. The molecule has 4 amide bonds. The lowest BCUT2D eigenvalue weighted by Gasteiger charge is -2.33. The zero-order valence-electron chi connectivity index (χ0n) is 20.4. The van der Waals surface area contributed by atoms with E-state index >= 15 is 0 Å². The second-order valence-corrected chi connectivity index (χ2v) is 10.4. The first kappa shape index (κ1) is 24.9. The molecule has 3 aromatic carbocycles. The van der Waals surface area contributed by atoms with Gasteiger partial charge >= 0.3 is 6.03 Å². The summed E-state index contributed by atoms with van der Waals surface area (Å²) in [5, 5.41) is 20.4. The highest BCUT2D eigenvalue weighted by atomic mass is 35.5. The third kappa shape index (κ3) is 3.81. The molecular formula is C27H19Cl2N7O3. The summed E-state index contributed by atoms with van der Waals surface area (Å²) in [4.78, 5) is 45.7. The number of urea groups is 1. The van der Waals surface area contributed by atoms with E-state index in [-0.39, 0.29) is 34.7 Å². The van der Waals surface area contributed by atoms with Gasteiger partial charge in [-0.3, -0.25) is 9.59 Å². The molecule has 39 heavy (non-hydrogen) atoms. The first-order valence-electron chi connectivity index (χ1n) is 11.9. The number of likely N-dealkylation sites (N-methyl/N-ethyl adjacent to an activating group) is 1. The molecule has 0 bridgehead atoms. The molecule has 0 unspecified atom stereocenters. The van der Waals surface area contributed by atoms with Crippen LogP contribution < -0.4 is 4.90 Å². The van der Waals surface area contributed by atoms with Crippen LogP contribution in [0.25, 0.3) is 11.0 Å². The number of halogens is 2. The maximum atomic E-state index is 14.3. The highest BCUT2D eigenvalue weighted by molar-refractivity contribution is 6.36. The summed E-state index contributed by atoms with van der Waals surface area (Å²) in [7, 11) is 1.55. The molecule has 194 valence electrons. The maximum Gasteiger partial charge on any atom is 0.332 e. The van der Waals surface area contributed by atoms with Crippen LogP contribution in [0.15, 0.2) is 60.7 Å². The van der Waals surface area contributed by atoms with E-state index in [0.29, 0.717) is 22.2 Å². The molecule has 2 fully saturated rings. The van der Waals surface area contributed by atoms with Gasteiger partial charge in [0.1, 0.15) is 16.6 Å². The van der Waals surface area contributed by atoms with Crippen molar-refractivity contribution in [1.29, 1.82) is 5.26 Å². The summed E-state index contributed by atoms with van der Waals surface area (Å²) in [6, 6.07) is 17.8. The average molecular weight is 560 g/mol. The number of aromatic nitrogens is 3. The Balaban J connectivity index is 1.45. The normalized spacial score (nSPS) is 20.9. The molecule has 1 N–H and O–H groups in total. The largest absolute Gasteiger partial charge is 0.335 e. The molecule has 0 radical (unpaired) electrons. The fourth-order valence-electron chi connectivity index (χ4n) is 5.52. The number of nitriles is 1. The Hall–Kier alpha value is -4.46. The summed E-state index contributed by atoms with van der Waals surface area (Å²) in [6.45, 7) is 0.119. The predicted molar refractivity (Wildman–Crippen MR) is 144 cm³/mol. The number of nitrogens with one attached hydrogen (secondary N) is 1. The second-order valence-electron chi connectivity index (χ2n) is 9.53. The number of amides is 4. The lowest BCUT2D eigenvalue weighted by atomic mass is 9.80. The van der Waals surface area contributed by atoms with Crippen LogP contribution in [-0.4, -0.2) is 68.7 Å². The highest BCUT2D eigenvalue weighted by Gasteiger charge is 2.65. The van der Waals surface area contributed by atoms with Crippen molar-refractivity contribution in [2.24, 2.45) is 0 Å². The zero-order chi connectivity index (χ0) is 27.5. The molecule has 2 saturated heterocycles. The monoisotopic (exact) mass is 559 g/mol. The van der Waals surface area contributed by atoms with Gasteiger partial charge < -0.3 is 9.80 Å². The van der Waals surface area contributed by atoms with Crippen LogP contribution in [0.3, 0.4) is 0 Å². The van der Waals surface area contributed by atoms with Gasteiger partial charge in [0, 0.05) is 35.1 Å². The van der Waals surface area contributed by atoms with E-state index in [2.05, 4.69) is 21.5 Å². The lowest BCUT2D eigenvalue weighted by Crippen LogP contribution is -2.54. The summed E-state index contributed by atoms with van der Waals surface area (Å²) in [5.74, 6) is -1.38. The molecule has 12 heteroatoms. The molecule has 0 aliphatic carbocycles. The van der Waals surface area contributed by atoms with Crippen LogP contribution >= 0.6 is 23.2 Å². The smallest absolute Gasteiger partial charge is 0.332 e. The Morgan fingerprint density at radius 2 is 1.72 bits per heavy atom. The van der Waals surface area contributed by atoms with Crippen molar-refractivity contribution < 1.29 is 14.4 Å². The SMILES string of the molecule is CN1C(=O)N(c2cc(Cl)cc(Cl)c2)C(=O)[C@]12CN(C(=O)c1ccc3n[nH]nc3c1)C[C@H]2c1ccc(C#N)cc1. The van der Waals surface area contributed by atoms with Crippen molar-refractivity contribution in [2.45, 2.75) is 11.5 Å². The number of carbonyl (C=O) groups is 3. The van der Waals surface area contributed by atoms with Crippen LogP contribution in [0.2, 0.25) is 10.0 Å². The van der Waals surface area contributed by atoms with E-state index in [1.165, 1.54) is 23.1 Å². The highest BCUT2D eigenvalue weighted by Crippen LogP contribution is 2.47. The Bertz CT molecular complexity index is 1690. The number of imide groups is 1. The Kier molecular flexibility index (Phi) is 5.79. The van der Waals surface area contributed by atoms with E-state index in [0.717, 1.165) is 10.5 Å². The third-order valence-electron chi connectivity index (χ3n) is 7.46. The molecule has 4 aromatic rings. The molecule has 1 spiro atoms. The summed E-state index contributed by atoms with van der Waals surface area (Å²) in [5.41, 5.74) is 1.54. The van der Waals surface area contributed by atoms with E-state index < -0.39 is 23.4 Å². The number of hydrogen-bond acceptors (Lipinski definition) is 6. The minimum Gasteiger partial charge on any atom is -0.335 e. The van der Waals surface area contributed by atoms with Crippen molar-refractivity contribution in [3.63, 3.8) is 0 Å². The number of aromatic amines is 1. The number of carbonyl (C=O) groups excluding carboxylic acids is 3. The van der Waals surface area contributed by atoms with Gasteiger partial charge in [0.25, 0.3) is 11.8 Å². The van der Waals surface area contributed by atoms with Crippen LogP contribution in [0.1, 0.15) is 27.4 Å². The molecule has 2 atom stereocenters. The fourth-order valence-corrected chi connectivity index (χ4v) is 6.03. The molecule has 0 saturated carbocycles. The van der Waals surface area contributed by atoms with Crippen molar-refractivity contribution in [3.05, 3.63) is 87.4 Å². The maximum absolute atomic E-state index is 14.3. The van der Waals surface area contributed by atoms with Gasteiger partial charge in [0.15, 0.2) is 0 Å². The fraction of sp³-hybridized carbons (Fsp3) is 0.185. The number of fused-ring (bicyclic) bond motifs is 1. The predicted octanol–water partition coefficient (Wildman–Crippen LogP) is 4.21. The van der Waals surface area contributed by atoms with Crippen LogP contribution in [0.5, 0.6) is 0 Å². The van der Waals surface area contributed by atoms with Crippen molar-refractivity contribution in [2.75, 3.05) is 25.0 Å². The summed E-state index contributed by atoms with van der Waals surface area (Å²) >= 11 is 12.4. The Morgan fingerprint density at radius 3 is 2.41 bits per heavy atom. The zero-order valence-corrected chi connectivity index (χ0v) is 21.9. The first-order valence-corrected chi connectivity index (χ1v) is 12.7. The molecule has 1 aromatic heterocycles.